The first-order valence-corrected chi connectivity index (χ1v) is 5.43. The molecule has 0 amide bonds. The lowest BCUT2D eigenvalue weighted by molar-refractivity contribution is 0.101. The fraction of sp³-hybridized carbons (Fsp3) is 0.125. The van der Waals surface area contributed by atoms with E-state index in [9.17, 15) is 13.2 Å². The van der Waals surface area contributed by atoms with Gasteiger partial charge in [-0.05, 0) is 19.1 Å². The number of halogens is 1. The predicted molar refractivity (Wildman–Crippen MR) is 51.3 cm³/mol. The molecule has 0 aromatic heterocycles. The number of rotatable bonds is 2. The summed E-state index contributed by atoms with van der Waals surface area (Å²) in [6.45, 7) is 1.26. The van der Waals surface area contributed by atoms with Crippen molar-refractivity contribution in [1.29, 1.82) is 0 Å². The summed E-state index contributed by atoms with van der Waals surface area (Å²) in [5, 5.41) is -0.248. The van der Waals surface area contributed by atoms with Gasteiger partial charge in [-0.3, -0.25) is 9.35 Å². The summed E-state index contributed by atoms with van der Waals surface area (Å²) in [5.41, 5.74) is 0.0711. The molecule has 0 aliphatic heterocycles. The maximum atomic E-state index is 11.0. The average Bonchev–Trinajstić information content (AvgIpc) is 2.01. The van der Waals surface area contributed by atoms with E-state index in [1.54, 1.807) is 0 Å². The van der Waals surface area contributed by atoms with Gasteiger partial charge in [0.2, 0.25) is 0 Å². The summed E-state index contributed by atoms with van der Waals surface area (Å²) in [5.74, 6) is -0.361. The lowest BCUT2D eigenvalue weighted by Crippen LogP contribution is -2.03. The van der Waals surface area contributed by atoms with E-state index in [2.05, 4.69) is 0 Å². The van der Waals surface area contributed by atoms with Crippen LogP contribution in [0.5, 0.6) is 0 Å². The van der Waals surface area contributed by atoms with Crippen molar-refractivity contribution in [2.24, 2.45) is 0 Å². The van der Waals surface area contributed by atoms with Gasteiger partial charge < -0.3 is 0 Å². The molecule has 0 saturated heterocycles. The van der Waals surface area contributed by atoms with Gasteiger partial charge in [0, 0.05) is 5.56 Å². The second-order valence-corrected chi connectivity index (χ2v) is 4.42. The first kappa shape index (κ1) is 11.2. The zero-order valence-electron chi connectivity index (χ0n) is 7.19. The van der Waals surface area contributed by atoms with Crippen LogP contribution in [-0.4, -0.2) is 18.8 Å². The number of benzene rings is 1. The van der Waals surface area contributed by atoms with Gasteiger partial charge in [-0.15, -0.1) is 0 Å². The van der Waals surface area contributed by atoms with Gasteiger partial charge in [0.1, 0.15) is 4.90 Å². The van der Waals surface area contributed by atoms with E-state index in [0.717, 1.165) is 6.07 Å². The predicted octanol–water partition coefficient (Wildman–Crippen LogP) is 1.79. The normalized spacial score (nSPS) is 11.4. The summed E-state index contributed by atoms with van der Waals surface area (Å²) in [6, 6.07) is 3.86. The van der Waals surface area contributed by atoms with Crippen LogP contribution in [0.2, 0.25) is 5.02 Å². The third-order valence-electron chi connectivity index (χ3n) is 1.62. The van der Waals surface area contributed by atoms with Crippen LogP contribution in [0.1, 0.15) is 17.3 Å². The third kappa shape index (κ3) is 2.12. The molecule has 1 aromatic rings. The lowest BCUT2D eigenvalue weighted by Gasteiger charge is -2.03. The van der Waals surface area contributed by atoms with Gasteiger partial charge >= 0.3 is 0 Å². The second kappa shape index (κ2) is 3.68. The molecule has 0 fully saturated rings. The highest BCUT2D eigenvalue weighted by Gasteiger charge is 2.18. The van der Waals surface area contributed by atoms with Crippen molar-refractivity contribution in [3.05, 3.63) is 28.8 Å². The molecule has 0 aliphatic rings. The van der Waals surface area contributed by atoms with Crippen LogP contribution in [0, 0.1) is 0 Å². The van der Waals surface area contributed by atoms with Crippen molar-refractivity contribution >= 4 is 27.5 Å². The van der Waals surface area contributed by atoms with Crippen LogP contribution < -0.4 is 0 Å². The van der Waals surface area contributed by atoms with E-state index in [-0.39, 0.29) is 16.4 Å². The standard InChI is InChI=1S/C8H7ClO4S/c1-5(10)6-3-2-4-7(8(6)9)14(11,12)13/h2-4H,1H3,(H,11,12,13). The van der Waals surface area contributed by atoms with Crippen LogP contribution in [0.25, 0.3) is 0 Å². The van der Waals surface area contributed by atoms with E-state index in [0.29, 0.717) is 0 Å². The maximum Gasteiger partial charge on any atom is 0.296 e. The highest BCUT2D eigenvalue weighted by Crippen LogP contribution is 2.25. The van der Waals surface area contributed by atoms with E-state index >= 15 is 0 Å². The van der Waals surface area contributed by atoms with Gasteiger partial charge in [0.05, 0.1) is 5.02 Å². The summed E-state index contributed by atoms with van der Waals surface area (Å²) >= 11 is 5.63. The Morgan fingerprint density at radius 1 is 1.43 bits per heavy atom. The highest BCUT2D eigenvalue weighted by atomic mass is 35.5. The molecule has 14 heavy (non-hydrogen) atoms. The summed E-state index contributed by atoms with van der Waals surface area (Å²) in [4.78, 5) is 10.5. The van der Waals surface area contributed by atoms with Crippen molar-refractivity contribution in [3.8, 4) is 0 Å². The molecular weight excluding hydrogens is 228 g/mol. The minimum Gasteiger partial charge on any atom is -0.294 e. The topological polar surface area (TPSA) is 71.4 Å². The second-order valence-electron chi connectivity index (χ2n) is 2.65. The number of hydrogen-bond acceptors (Lipinski definition) is 3. The minimum atomic E-state index is -4.37. The molecule has 0 heterocycles. The Kier molecular flexibility index (Phi) is 2.94. The van der Waals surface area contributed by atoms with Crippen molar-refractivity contribution < 1.29 is 17.8 Å². The molecule has 4 nitrogen and oxygen atoms in total. The molecule has 1 aromatic carbocycles. The quantitative estimate of drug-likeness (QED) is 0.626. The van der Waals surface area contributed by atoms with E-state index in [1.807, 2.05) is 0 Å². The molecule has 0 bridgehead atoms. The summed E-state index contributed by atoms with van der Waals surface area (Å²) in [7, 11) is -4.37. The Bertz CT molecular complexity index is 478. The molecule has 6 heteroatoms. The highest BCUT2D eigenvalue weighted by molar-refractivity contribution is 7.86. The molecule has 0 spiro atoms. The van der Waals surface area contributed by atoms with Crippen LogP contribution in [0.15, 0.2) is 23.1 Å². The molecule has 0 unspecified atom stereocenters. The maximum absolute atomic E-state index is 11.0. The molecule has 1 N–H and O–H groups in total. The molecule has 76 valence electrons. The van der Waals surface area contributed by atoms with Gasteiger partial charge in [-0.1, -0.05) is 17.7 Å². The Hall–Kier alpha value is -0.910. The fourth-order valence-electron chi connectivity index (χ4n) is 0.982. The van der Waals surface area contributed by atoms with Crippen molar-refractivity contribution in [2.45, 2.75) is 11.8 Å². The van der Waals surface area contributed by atoms with Crippen molar-refractivity contribution in [1.82, 2.24) is 0 Å². The summed E-state index contributed by atoms with van der Waals surface area (Å²) < 4.78 is 30.3. The van der Waals surface area contributed by atoms with E-state index in [1.165, 1.54) is 19.1 Å². The Balaban J connectivity index is 3.51. The van der Waals surface area contributed by atoms with Gasteiger partial charge in [-0.2, -0.15) is 8.42 Å². The largest absolute Gasteiger partial charge is 0.296 e. The SMILES string of the molecule is CC(=O)c1cccc(S(=O)(=O)O)c1Cl. The van der Waals surface area contributed by atoms with Crippen LogP contribution in [0.4, 0.5) is 0 Å². The number of hydrogen-bond donors (Lipinski definition) is 1. The number of carbonyl (C=O) groups is 1. The molecule has 1 rings (SSSR count). The first-order chi connectivity index (χ1) is 6.34. The van der Waals surface area contributed by atoms with E-state index < -0.39 is 15.0 Å². The Morgan fingerprint density at radius 2 is 2.00 bits per heavy atom. The van der Waals surface area contributed by atoms with Gasteiger partial charge in [0.15, 0.2) is 5.78 Å². The smallest absolute Gasteiger partial charge is 0.294 e. The van der Waals surface area contributed by atoms with E-state index in [4.69, 9.17) is 16.2 Å². The monoisotopic (exact) mass is 234 g/mol. The summed E-state index contributed by atoms with van der Waals surface area (Å²) in [6.07, 6.45) is 0. The molecule has 0 saturated carbocycles. The van der Waals surface area contributed by atoms with Crippen LogP contribution in [0.3, 0.4) is 0 Å². The molecule has 0 radical (unpaired) electrons. The number of carbonyl (C=O) groups excluding carboxylic acids is 1. The van der Waals surface area contributed by atoms with Crippen molar-refractivity contribution in [2.75, 3.05) is 0 Å². The molecular formula is C8H7ClO4S. The average molecular weight is 235 g/mol. The van der Waals surface area contributed by atoms with Crippen LogP contribution >= 0.6 is 11.6 Å². The number of Topliss-reactive ketones (excluding diaryl/α,β-unsaturated/α-hetero) is 1. The third-order valence-corrected chi connectivity index (χ3v) is 3.04. The minimum absolute atomic E-state index is 0.0711. The zero-order valence-corrected chi connectivity index (χ0v) is 8.76. The van der Waals surface area contributed by atoms with Gasteiger partial charge in [-0.25, -0.2) is 0 Å². The van der Waals surface area contributed by atoms with Gasteiger partial charge in [0.25, 0.3) is 10.1 Å². The Labute approximate surface area is 86.3 Å². The molecule has 0 atom stereocenters. The van der Waals surface area contributed by atoms with Crippen molar-refractivity contribution in [3.63, 3.8) is 0 Å². The zero-order chi connectivity index (χ0) is 10.9. The Morgan fingerprint density at radius 3 is 2.43 bits per heavy atom. The first-order valence-electron chi connectivity index (χ1n) is 3.61. The fourth-order valence-corrected chi connectivity index (χ4v) is 2.12. The van der Waals surface area contributed by atoms with Crippen LogP contribution in [-0.2, 0) is 10.1 Å². The molecule has 0 aliphatic carbocycles. The number of ketones is 1. The lowest BCUT2D eigenvalue weighted by atomic mass is 10.1.